The van der Waals surface area contributed by atoms with Gasteiger partial charge in [0, 0.05) is 11.6 Å². The molecule has 2 aliphatic rings. The second-order valence-electron chi connectivity index (χ2n) is 3.71. The Morgan fingerprint density at radius 2 is 2.38 bits per heavy atom. The van der Waals surface area contributed by atoms with Gasteiger partial charge in [0.2, 0.25) is 0 Å². The summed E-state index contributed by atoms with van der Waals surface area (Å²) in [7, 11) is 0. The molecule has 3 N–H and O–H groups in total. The zero-order valence-corrected chi connectivity index (χ0v) is 7.96. The van der Waals surface area contributed by atoms with Gasteiger partial charge in [0.1, 0.15) is 0 Å². The maximum absolute atomic E-state index is 5.57. The first kappa shape index (κ1) is 8.57. The topological polar surface area (TPSA) is 38.0 Å². The van der Waals surface area contributed by atoms with Crippen molar-refractivity contribution in [3.8, 4) is 0 Å². The minimum absolute atomic E-state index is 0.478. The van der Waals surface area contributed by atoms with Crippen LogP contribution >= 0.6 is 0 Å². The maximum atomic E-state index is 5.57. The molecular weight excluding hydrogens is 160 g/mol. The third-order valence-electron chi connectivity index (χ3n) is 2.70. The maximum Gasteiger partial charge on any atom is 0.0545 e. The SMILES string of the molecule is CC1=CC2C(CCN)=CC=CC2N1. The molecule has 2 nitrogen and oxygen atoms in total. The number of rotatable bonds is 2. The lowest BCUT2D eigenvalue weighted by Crippen LogP contribution is -2.28. The quantitative estimate of drug-likeness (QED) is 0.666. The number of hydrogen-bond donors (Lipinski definition) is 2. The van der Waals surface area contributed by atoms with Gasteiger partial charge < -0.3 is 11.1 Å². The third-order valence-corrected chi connectivity index (χ3v) is 2.70. The molecule has 0 saturated carbocycles. The summed E-state index contributed by atoms with van der Waals surface area (Å²) in [5.74, 6) is 0.550. The smallest absolute Gasteiger partial charge is 0.0545 e. The molecule has 1 aliphatic heterocycles. The van der Waals surface area contributed by atoms with Gasteiger partial charge in [-0.15, -0.1) is 0 Å². The van der Waals surface area contributed by atoms with Crippen molar-refractivity contribution in [3.05, 3.63) is 35.6 Å². The Morgan fingerprint density at radius 3 is 3.15 bits per heavy atom. The van der Waals surface area contributed by atoms with Crippen LogP contribution < -0.4 is 11.1 Å². The standard InChI is InChI=1S/C11H16N2/c1-8-7-10-9(5-6-12)3-2-4-11(10)13-8/h2-4,7,10-11,13H,5-6,12H2,1H3. The van der Waals surface area contributed by atoms with Crippen LogP contribution in [-0.4, -0.2) is 12.6 Å². The Labute approximate surface area is 79.2 Å². The van der Waals surface area contributed by atoms with Gasteiger partial charge in [0.05, 0.1) is 6.04 Å². The van der Waals surface area contributed by atoms with E-state index in [0.717, 1.165) is 13.0 Å². The fraction of sp³-hybridized carbons (Fsp3) is 0.455. The Morgan fingerprint density at radius 1 is 1.54 bits per heavy atom. The highest BCUT2D eigenvalue weighted by Gasteiger charge is 2.27. The number of hydrogen-bond acceptors (Lipinski definition) is 2. The van der Waals surface area contributed by atoms with Crippen molar-refractivity contribution in [2.45, 2.75) is 19.4 Å². The predicted octanol–water partition coefficient (Wildman–Crippen LogP) is 1.32. The zero-order chi connectivity index (χ0) is 9.26. The van der Waals surface area contributed by atoms with E-state index in [4.69, 9.17) is 5.73 Å². The second kappa shape index (κ2) is 3.38. The largest absolute Gasteiger partial charge is 0.382 e. The summed E-state index contributed by atoms with van der Waals surface area (Å²) in [5, 5.41) is 3.44. The van der Waals surface area contributed by atoms with Gasteiger partial charge in [0.25, 0.3) is 0 Å². The predicted molar refractivity (Wildman–Crippen MR) is 55.1 cm³/mol. The average Bonchev–Trinajstić information content (AvgIpc) is 2.47. The normalized spacial score (nSPS) is 30.6. The molecule has 0 bridgehead atoms. The summed E-state index contributed by atoms with van der Waals surface area (Å²) in [5.41, 5.74) is 8.31. The van der Waals surface area contributed by atoms with Crippen LogP contribution in [0.25, 0.3) is 0 Å². The Kier molecular flexibility index (Phi) is 2.23. The first-order valence-corrected chi connectivity index (χ1v) is 4.83. The lowest BCUT2D eigenvalue weighted by Gasteiger charge is -2.22. The molecule has 0 aromatic carbocycles. The molecule has 70 valence electrons. The van der Waals surface area contributed by atoms with Crippen LogP contribution in [0.4, 0.5) is 0 Å². The van der Waals surface area contributed by atoms with E-state index in [1.165, 1.54) is 11.3 Å². The molecule has 1 heterocycles. The lowest BCUT2D eigenvalue weighted by atomic mass is 9.87. The fourth-order valence-corrected chi connectivity index (χ4v) is 2.11. The summed E-state index contributed by atoms with van der Waals surface area (Å²) >= 11 is 0. The summed E-state index contributed by atoms with van der Waals surface area (Å²) in [4.78, 5) is 0. The monoisotopic (exact) mass is 176 g/mol. The van der Waals surface area contributed by atoms with Crippen LogP contribution in [-0.2, 0) is 0 Å². The molecule has 0 aromatic rings. The van der Waals surface area contributed by atoms with E-state index in [1.807, 2.05) is 0 Å². The highest BCUT2D eigenvalue weighted by molar-refractivity contribution is 5.34. The molecule has 2 heteroatoms. The molecule has 1 aliphatic carbocycles. The summed E-state index contributed by atoms with van der Waals surface area (Å²) < 4.78 is 0. The molecule has 0 spiro atoms. The summed E-state index contributed by atoms with van der Waals surface area (Å²) in [6.07, 6.45) is 9.86. The molecular formula is C11H16N2. The Balaban J connectivity index is 2.18. The van der Waals surface area contributed by atoms with Gasteiger partial charge in [-0.25, -0.2) is 0 Å². The molecule has 0 aromatic heterocycles. The van der Waals surface area contributed by atoms with E-state index in [1.54, 1.807) is 0 Å². The molecule has 2 atom stereocenters. The van der Waals surface area contributed by atoms with E-state index in [9.17, 15) is 0 Å². The number of fused-ring (bicyclic) bond motifs is 1. The van der Waals surface area contributed by atoms with Gasteiger partial charge in [0.15, 0.2) is 0 Å². The van der Waals surface area contributed by atoms with Crippen LogP contribution in [0.3, 0.4) is 0 Å². The average molecular weight is 176 g/mol. The van der Waals surface area contributed by atoms with Gasteiger partial charge in [-0.2, -0.15) is 0 Å². The van der Waals surface area contributed by atoms with Crippen molar-refractivity contribution in [1.82, 2.24) is 5.32 Å². The van der Waals surface area contributed by atoms with Gasteiger partial charge >= 0.3 is 0 Å². The zero-order valence-electron chi connectivity index (χ0n) is 7.96. The molecule has 0 saturated heterocycles. The van der Waals surface area contributed by atoms with Gasteiger partial charge in [-0.1, -0.05) is 29.9 Å². The Hall–Kier alpha value is -1.02. The molecule has 0 fully saturated rings. The number of nitrogens with two attached hydrogens (primary N) is 1. The second-order valence-corrected chi connectivity index (χ2v) is 3.71. The number of allylic oxidation sites excluding steroid dienone is 3. The van der Waals surface area contributed by atoms with Crippen LogP contribution in [0.1, 0.15) is 13.3 Å². The van der Waals surface area contributed by atoms with E-state index >= 15 is 0 Å². The van der Waals surface area contributed by atoms with E-state index < -0.39 is 0 Å². The highest BCUT2D eigenvalue weighted by Crippen LogP contribution is 2.29. The summed E-state index contributed by atoms with van der Waals surface area (Å²) in [6, 6.07) is 0.478. The first-order chi connectivity index (χ1) is 6.31. The molecule has 2 rings (SSSR count). The molecule has 13 heavy (non-hydrogen) atoms. The van der Waals surface area contributed by atoms with E-state index in [2.05, 4.69) is 36.5 Å². The minimum Gasteiger partial charge on any atom is -0.382 e. The van der Waals surface area contributed by atoms with Gasteiger partial charge in [-0.05, 0) is 19.9 Å². The number of nitrogens with one attached hydrogen (secondary N) is 1. The van der Waals surface area contributed by atoms with Crippen molar-refractivity contribution < 1.29 is 0 Å². The molecule has 0 amide bonds. The van der Waals surface area contributed by atoms with Crippen LogP contribution in [0.5, 0.6) is 0 Å². The molecule has 2 unspecified atom stereocenters. The van der Waals surface area contributed by atoms with E-state index in [-0.39, 0.29) is 0 Å². The van der Waals surface area contributed by atoms with Crippen molar-refractivity contribution in [2.24, 2.45) is 11.7 Å². The van der Waals surface area contributed by atoms with Crippen molar-refractivity contribution in [3.63, 3.8) is 0 Å². The van der Waals surface area contributed by atoms with Crippen LogP contribution in [0.15, 0.2) is 35.6 Å². The van der Waals surface area contributed by atoms with Crippen LogP contribution in [0, 0.1) is 5.92 Å². The third kappa shape index (κ3) is 1.54. The van der Waals surface area contributed by atoms with Crippen molar-refractivity contribution in [1.29, 1.82) is 0 Å². The van der Waals surface area contributed by atoms with Crippen LogP contribution in [0.2, 0.25) is 0 Å². The summed E-state index contributed by atoms with van der Waals surface area (Å²) in [6.45, 7) is 2.86. The first-order valence-electron chi connectivity index (χ1n) is 4.83. The van der Waals surface area contributed by atoms with Crippen molar-refractivity contribution >= 4 is 0 Å². The molecule has 0 radical (unpaired) electrons. The Bertz CT molecular complexity index is 286. The van der Waals surface area contributed by atoms with Gasteiger partial charge in [-0.3, -0.25) is 0 Å². The highest BCUT2D eigenvalue weighted by atomic mass is 15.0. The van der Waals surface area contributed by atoms with E-state index in [0.29, 0.717) is 12.0 Å². The minimum atomic E-state index is 0.478. The fourth-order valence-electron chi connectivity index (χ4n) is 2.11. The van der Waals surface area contributed by atoms with Crippen molar-refractivity contribution in [2.75, 3.05) is 6.54 Å². The lowest BCUT2D eigenvalue weighted by molar-refractivity contribution is 0.593.